The summed E-state index contributed by atoms with van der Waals surface area (Å²) in [6, 6.07) is 9.30. The van der Waals surface area contributed by atoms with Crippen LogP contribution in [0.1, 0.15) is 35.6 Å². The highest BCUT2D eigenvalue weighted by molar-refractivity contribution is 5.37. The molecule has 0 heterocycles. The number of hydrogen-bond donors (Lipinski definition) is 0. The quantitative estimate of drug-likeness (QED) is 0.794. The van der Waals surface area contributed by atoms with Crippen LogP contribution in [0.2, 0.25) is 0 Å². The van der Waals surface area contributed by atoms with Gasteiger partial charge in [-0.2, -0.15) is 5.26 Å². The maximum Gasteiger partial charge on any atom is 0.0771 e. The van der Waals surface area contributed by atoms with Crippen LogP contribution in [0.5, 0.6) is 0 Å². The van der Waals surface area contributed by atoms with Gasteiger partial charge in [-0.05, 0) is 51.9 Å². The Morgan fingerprint density at radius 1 is 1.29 bits per heavy atom. The van der Waals surface area contributed by atoms with Gasteiger partial charge in [-0.1, -0.05) is 23.8 Å². The molecule has 0 aliphatic heterocycles. The third-order valence-electron chi connectivity index (χ3n) is 3.77. The minimum atomic E-state index is -0.149. The van der Waals surface area contributed by atoms with Gasteiger partial charge in [-0.15, -0.1) is 0 Å². The topological polar surface area (TPSA) is 27.0 Å². The molecule has 0 radical (unpaired) electrons. The summed E-state index contributed by atoms with van der Waals surface area (Å²) >= 11 is 0. The van der Waals surface area contributed by atoms with Gasteiger partial charge in [0.2, 0.25) is 0 Å². The molecule has 0 spiro atoms. The summed E-state index contributed by atoms with van der Waals surface area (Å²) in [5.41, 5.74) is 3.74. The van der Waals surface area contributed by atoms with Crippen molar-refractivity contribution >= 4 is 0 Å². The van der Waals surface area contributed by atoms with Crippen molar-refractivity contribution in [3.8, 4) is 6.07 Å². The van der Waals surface area contributed by atoms with Crippen LogP contribution < -0.4 is 0 Å². The zero-order chi connectivity index (χ0) is 12.6. The molecule has 1 aliphatic carbocycles. The van der Waals surface area contributed by atoms with E-state index in [1.165, 1.54) is 16.7 Å². The van der Waals surface area contributed by atoms with E-state index in [-0.39, 0.29) is 11.5 Å². The van der Waals surface area contributed by atoms with Crippen LogP contribution in [0.15, 0.2) is 18.2 Å². The van der Waals surface area contributed by atoms with Gasteiger partial charge in [0.05, 0.1) is 17.5 Å². The van der Waals surface area contributed by atoms with E-state index in [9.17, 15) is 5.26 Å². The predicted molar refractivity (Wildman–Crippen MR) is 69.6 cm³/mol. The van der Waals surface area contributed by atoms with E-state index in [1.54, 1.807) is 0 Å². The van der Waals surface area contributed by atoms with E-state index >= 15 is 0 Å². The van der Waals surface area contributed by atoms with Gasteiger partial charge < -0.3 is 4.90 Å². The van der Waals surface area contributed by atoms with Gasteiger partial charge in [-0.3, -0.25) is 0 Å². The summed E-state index contributed by atoms with van der Waals surface area (Å²) in [6.07, 6.45) is 2.05. The highest BCUT2D eigenvalue weighted by Crippen LogP contribution is 2.56. The fourth-order valence-corrected chi connectivity index (χ4v) is 2.78. The minimum absolute atomic E-state index is 0.149. The SMILES string of the molecule is Cc1ccc(C(N(C)C)C2(C#N)CC2)c(C)c1. The van der Waals surface area contributed by atoms with Crippen LogP contribution in [0.3, 0.4) is 0 Å². The molecule has 1 atom stereocenters. The molecule has 1 aliphatic rings. The van der Waals surface area contributed by atoms with E-state index in [4.69, 9.17) is 0 Å². The van der Waals surface area contributed by atoms with Crippen LogP contribution in [0.4, 0.5) is 0 Å². The lowest BCUT2D eigenvalue weighted by Gasteiger charge is -2.30. The smallest absolute Gasteiger partial charge is 0.0771 e. The highest BCUT2D eigenvalue weighted by atomic mass is 15.1. The summed E-state index contributed by atoms with van der Waals surface area (Å²) in [5.74, 6) is 0. The molecular formula is C15H20N2. The van der Waals surface area contributed by atoms with Gasteiger partial charge >= 0.3 is 0 Å². The van der Waals surface area contributed by atoms with E-state index in [0.29, 0.717) is 0 Å². The van der Waals surface area contributed by atoms with Crippen LogP contribution in [0, 0.1) is 30.6 Å². The fraction of sp³-hybridized carbons (Fsp3) is 0.533. The molecule has 2 heteroatoms. The molecule has 1 aromatic rings. The van der Waals surface area contributed by atoms with E-state index in [1.807, 2.05) is 0 Å². The summed E-state index contributed by atoms with van der Waals surface area (Å²) in [6.45, 7) is 4.25. The Morgan fingerprint density at radius 2 is 1.94 bits per heavy atom. The van der Waals surface area contributed by atoms with Crippen molar-refractivity contribution in [2.75, 3.05) is 14.1 Å². The molecule has 1 fully saturated rings. The first-order chi connectivity index (χ1) is 8.00. The van der Waals surface area contributed by atoms with Gasteiger partial charge in [0.25, 0.3) is 0 Å². The van der Waals surface area contributed by atoms with Crippen LogP contribution in [0.25, 0.3) is 0 Å². The van der Waals surface area contributed by atoms with E-state index in [2.05, 4.69) is 57.1 Å². The second-order valence-corrected chi connectivity index (χ2v) is 5.49. The third kappa shape index (κ3) is 2.08. The zero-order valence-electron chi connectivity index (χ0n) is 11.1. The zero-order valence-corrected chi connectivity index (χ0v) is 11.1. The maximum atomic E-state index is 9.41. The molecule has 2 rings (SSSR count). The molecule has 0 bridgehead atoms. The standard InChI is InChI=1S/C15H20N2/c1-11-5-6-13(12(2)9-11)14(17(3)4)15(10-16)7-8-15/h5-6,9,14H,7-8H2,1-4H3. The Labute approximate surface area is 104 Å². The average Bonchev–Trinajstić information content (AvgIpc) is 3.02. The lowest BCUT2D eigenvalue weighted by molar-refractivity contribution is 0.231. The molecule has 1 saturated carbocycles. The van der Waals surface area contributed by atoms with Gasteiger partial charge in [0.1, 0.15) is 0 Å². The summed E-state index contributed by atoms with van der Waals surface area (Å²) in [4.78, 5) is 2.19. The molecule has 0 amide bonds. The first kappa shape index (κ1) is 12.1. The maximum absolute atomic E-state index is 9.41. The molecule has 0 N–H and O–H groups in total. The molecule has 1 unspecified atom stereocenters. The Balaban J connectivity index is 2.44. The largest absolute Gasteiger partial charge is 0.301 e. The molecule has 1 aromatic carbocycles. The third-order valence-corrected chi connectivity index (χ3v) is 3.77. The number of nitriles is 1. The first-order valence-corrected chi connectivity index (χ1v) is 6.15. The summed E-state index contributed by atoms with van der Waals surface area (Å²) in [7, 11) is 4.14. The summed E-state index contributed by atoms with van der Waals surface area (Å²) < 4.78 is 0. The first-order valence-electron chi connectivity index (χ1n) is 6.15. The van der Waals surface area contributed by atoms with Crippen molar-refractivity contribution in [3.63, 3.8) is 0 Å². The average molecular weight is 228 g/mol. The Morgan fingerprint density at radius 3 is 2.35 bits per heavy atom. The molecule has 90 valence electrons. The second-order valence-electron chi connectivity index (χ2n) is 5.49. The van der Waals surface area contributed by atoms with Crippen LogP contribution in [-0.4, -0.2) is 19.0 Å². The fourth-order valence-electron chi connectivity index (χ4n) is 2.78. The molecule has 0 saturated heterocycles. The second kappa shape index (κ2) is 4.16. The number of rotatable bonds is 3. The Hall–Kier alpha value is -1.33. The monoisotopic (exact) mass is 228 g/mol. The molecule has 0 aromatic heterocycles. The van der Waals surface area contributed by atoms with E-state index < -0.39 is 0 Å². The highest BCUT2D eigenvalue weighted by Gasteiger charge is 2.51. The van der Waals surface area contributed by atoms with Crippen molar-refractivity contribution in [2.24, 2.45) is 5.41 Å². The van der Waals surface area contributed by atoms with Gasteiger partial charge in [0.15, 0.2) is 0 Å². The Bertz CT molecular complexity index is 464. The molecule has 2 nitrogen and oxygen atoms in total. The van der Waals surface area contributed by atoms with Crippen molar-refractivity contribution in [2.45, 2.75) is 32.7 Å². The number of aryl methyl sites for hydroxylation is 2. The lowest BCUT2D eigenvalue weighted by Crippen LogP contribution is -2.28. The minimum Gasteiger partial charge on any atom is -0.301 e. The van der Waals surface area contributed by atoms with E-state index in [0.717, 1.165) is 12.8 Å². The van der Waals surface area contributed by atoms with Crippen LogP contribution >= 0.6 is 0 Å². The lowest BCUT2D eigenvalue weighted by atomic mass is 9.87. The summed E-state index contributed by atoms with van der Waals surface area (Å²) in [5, 5.41) is 9.41. The number of hydrogen-bond acceptors (Lipinski definition) is 2. The van der Waals surface area contributed by atoms with Crippen molar-refractivity contribution in [1.29, 1.82) is 5.26 Å². The predicted octanol–water partition coefficient (Wildman–Crippen LogP) is 3.21. The van der Waals surface area contributed by atoms with Gasteiger partial charge in [-0.25, -0.2) is 0 Å². The Kier molecular flexibility index (Phi) is 2.97. The van der Waals surface area contributed by atoms with Gasteiger partial charge in [0, 0.05) is 0 Å². The van der Waals surface area contributed by atoms with Crippen molar-refractivity contribution < 1.29 is 0 Å². The normalized spacial score (nSPS) is 18.8. The molecular weight excluding hydrogens is 208 g/mol. The number of benzene rings is 1. The van der Waals surface area contributed by atoms with Crippen molar-refractivity contribution in [1.82, 2.24) is 4.90 Å². The number of nitrogens with zero attached hydrogens (tertiary/aromatic N) is 2. The molecule has 17 heavy (non-hydrogen) atoms. The van der Waals surface area contributed by atoms with Crippen LogP contribution in [-0.2, 0) is 0 Å². The van der Waals surface area contributed by atoms with Crippen molar-refractivity contribution in [3.05, 3.63) is 34.9 Å².